The molecule has 4 heteroatoms. The van der Waals surface area contributed by atoms with Crippen molar-refractivity contribution in [3.63, 3.8) is 0 Å². The number of hydrogen-bond acceptors (Lipinski definition) is 4. The molecule has 0 aromatic rings. The standard InChI is InChI=1S/C12H20O2S2/c1-4-16-12(15)14-11(13-9(2)3)10-7-5-6-8-10/h9H,4-8H2,1-3H3. The van der Waals surface area contributed by atoms with Crippen LogP contribution in [0.2, 0.25) is 0 Å². The van der Waals surface area contributed by atoms with Crippen molar-refractivity contribution < 1.29 is 9.47 Å². The van der Waals surface area contributed by atoms with Gasteiger partial charge in [-0.25, -0.2) is 0 Å². The highest BCUT2D eigenvalue weighted by Gasteiger charge is 2.18. The molecule has 0 atom stereocenters. The van der Waals surface area contributed by atoms with Crippen LogP contribution in [0.3, 0.4) is 0 Å². The Morgan fingerprint density at radius 1 is 1.38 bits per heavy atom. The van der Waals surface area contributed by atoms with E-state index < -0.39 is 0 Å². The molecule has 0 heterocycles. The Morgan fingerprint density at radius 2 is 2.00 bits per heavy atom. The van der Waals surface area contributed by atoms with Crippen LogP contribution in [-0.4, -0.2) is 16.2 Å². The van der Waals surface area contributed by atoms with E-state index in [0.29, 0.717) is 10.3 Å². The first-order valence-electron chi connectivity index (χ1n) is 5.86. The van der Waals surface area contributed by atoms with Crippen molar-refractivity contribution in [2.45, 2.75) is 52.6 Å². The van der Waals surface area contributed by atoms with Crippen LogP contribution in [0.1, 0.15) is 46.5 Å². The van der Waals surface area contributed by atoms with Crippen LogP contribution in [-0.2, 0) is 9.47 Å². The van der Waals surface area contributed by atoms with Gasteiger partial charge in [-0.3, -0.25) is 0 Å². The van der Waals surface area contributed by atoms with Crippen molar-refractivity contribution in [2.24, 2.45) is 0 Å². The predicted octanol–water partition coefficient (Wildman–Crippen LogP) is 4.25. The summed E-state index contributed by atoms with van der Waals surface area (Å²) in [4.78, 5) is 0. The van der Waals surface area contributed by atoms with Gasteiger partial charge in [0.25, 0.3) is 5.95 Å². The van der Waals surface area contributed by atoms with Crippen LogP contribution in [0.4, 0.5) is 0 Å². The Hall–Kier alpha value is -0.220. The average Bonchev–Trinajstić information content (AvgIpc) is 2.68. The molecular weight excluding hydrogens is 240 g/mol. The smallest absolute Gasteiger partial charge is 0.285 e. The maximum absolute atomic E-state index is 5.71. The van der Waals surface area contributed by atoms with Crippen molar-refractivity contribution in [2.75, 3.05) is 5.75 Å². The Kier molecular flexibility index (Phi) is 6.21. The molecular formula is C12H20O2S2. The van der Waals surface area contributed by atoms with E-state index in [0.717, 1.165) is 18.6 Å². The maximum atomic E-state index is 5.71. The summed E-state index contributed by atoms with van der Waals surface area (Å²) < 4.78 is 11.9. The molecule has 92 valence electrons. The topological polar surface area (TPSA) is 18.5 Å². The molecule has 0 amide bonds. The number of thiocarbonyl (C=S) groups is 1. The minimum absolute atomic E-state index is 0.137. The van der Waals surface area contributed by atoms with E-state index in [1.807, 2.05) is 13.8 Å². The molecule has 0 N–H and O–H groups in total. The van der Waals surface area contributed by atoms with E-state index in [4.69, 9.17) is 21.7 Å². The number of ether oxygens (including phenoxy) is 2. The third kappa shape index (κ3) is 4.74. The van der Waals surface area contributed by atoms with Gasteiger partial charge in [-0.2, -0.15) is 0 Å². The second kappa shape index (κ2) is 7.17. The van der Waals surface area contributed by atoms with Crippen LogP contribution >= 0.6 is 24.0 Å². The largest absolute Gasteiger partial charge is 0.462 e. The minimum atomic E-state index is 0.137. The van der Waals surface area contributed by atoms with E-state index >= 15 is 0 Å². The maximum Gasteiger partial charge on any atom is 0.285 e. The Morgan fingerprint density at radius 3 is 2.50 bits per heavy atom. The fraction of sp³-hybridized carbons (Fsp3) is 0.750. The van der Waals surface area contributed by atoms with Crippen molar-refractivity contribution in [1.82, 2.24) is 0 Å². The summed E-state index contributed by atoms with van der Waals surface area (Å²) in [6.07, 6.45) is 4.77. The summed E-state index contributed by atoms with van der Waals surface area (Å²) in [7, 11) is 0. The van der Waals surface area contributed by atoms with Crippen molar-refractivity contribution in [3.8, 4) is 0 Å². The first kappa shape index (κ1) is 13.8. The van der Waals surface area contributed by atoms with Crippen molar-refractivity contribution in [1.29, 1.82) is 0 Å². The van der Waals surface area contributed by atoms with Gasteiger partial charge in [-0.1, -0.05) is 18.7 Å². The molecule has 1 fully saturated rings. The number of rotatable bonds is 4. The molecule has 2 nitrogen and oxygen atoms in total. The summed E-state index contributed by atoms with van der Waals surface area (Å²) in [5, 5.41) is 0. The second-order valence-electron chi connectivity index (χ2n) is 4.05. The lowest BCUT2D eigenvalue weighted by molar-refractivity contribution is 0.0571. The monoisotopic (exact) mass is 260 g/mol. The van der Waals surface area contributed by atoms with Gasteiger partial charge in [0.2, 0.25) is 4.38 Å². The van der Waals surface area contributed by atoms with Crippen molar-refractivity contribution >= 4 is 28.4 Å². The molecule has 0 aromatic heterocycles. The minimum Gasteiger partial charge on any atom is -0.462 e. The number of allylic oxidation sites excluding steroid dienone is 1. The molecule has 1 aliphatic rings. The number of hydrogen-bond donors (Lipinski definition) is 0. The molecule has 0 unspecified atom stereocenters. The lowest BCUT2D eigenvalue weighted by Crippen LogP contribution is -2.09. The average molecular weight is 260 g/mol. The third-order valence-electron chi connectivity index (χ3n) is 2.28. The molecule has 0 aliphatic heterocycles. The zero-order chi connectivity index (χ0) is 12.0. The Labute approximate surface area is 108 Å². The summed E-state index contributed by atoms with van der Waals surface area (Å²) in [6, 6.07) is 0. The van der Waals surface area contributed by atoms with Crippen LogP contribution in [0.5, 0.6) is 0 Å². The molecule has 1 rings (SSSR count). The predicted molar refractivity (Wildman–Crippen MR) is 73.5 cm³/mol. The molecule has 0 spiro atoms. The second-order valence-corrected chi connectivity index (χ2v) is 5.92. The molecule has 0 aromatic carbocycles. The Bertz CT molecular complexity index is 264. The lowest BCUT2D eigenvalue weighted by atomic mass is 10.2. The summed E-state index contributed by atoms with van der Waals surface area (Å²) in [5.41, 5.74) is 1.28. The van der Waals surface area contributed by atoms with E-state index in [9.17, 15) is 0 Å². The molecule has 0 saturated heterocycles. The van der Waals surface area contributed by atoms with E-state index in [1.54, 1.807) is 11.8 Å². The zero-order valence-electron chi connectivity index (χ0n) is 10.2. The fourth-order valence-corrected chi connectivity index (χ4v) is 2.42. The SMILES string of the molecule is CCSC(=S)OC(OC(C)C)=C1CCCC1. The van der Waals surface area contributed by atoms with E-state index in [2.05, 4.69) is 6.92 Å². The highest BCUT2D eigenvalue weighted by atomic mass is 32.2. The highest BCUT2D eigenvalue weighted by molar-refractivity contribution is 8.22. The number of thioether (sulfide) groups is 1. The summed E-state index contributed by atoms with van der Waals surface area (Å²) in [6.45, 7) is 6.08. The van der Waals surface area contributed by atoms with E-state index in [-0.39, 0.29) is 6.10 Å². The highest BCUT2D eigenvalue weighted by Crippen LogP contribution is 2.29. The quantitative estimate of drug-likeness (QED) is 0.555. The molecule has 0 bridgehead atoms. The van der Waals surface area contributed by atoms with Gasteiger partial charge < -0.3 is 9.47 Å². The first-order valence-corrected chi connectivity index (χ1v) is 7.26. The normalized spacial score (nSPS) is 15.4. The van der Waals surface area contributed by atoms with E-state index in [1.165, 1.54) is 18.4 Å². The molecule has 16 heavy (non-hydrogen) atoms. The van der Waals surface area contributed by atoms with Gasteiger partial charge in [-0.15, -0.1) is 0 Å². The van der Waals surface area contributed by atoms with Crippen LogP contribution < -0.4 is 0 Å². The molecule has 1 aliphatic carbocycles. The lowest BCUT2D eigenvalue weighted by Gasteiger charge is -2.16. The van der Waals surface area contributed by atoms with Crippen LogP contribution in [0.15, 0.2) is 11.5 Å². The van der Waals surface area contributed by atoms with Gasteiger partial charge in [0, 0.05) is 5.57 Å². The van der Waals surface area contributed by atoms with Gasteiger partial charge in [-0.05, 0) is 57.5 Å². The first-order chi connectivity index (χ1) is 7.63. The summed E-state index contributed by atoms with van der Waals surface area (Å²) in [5.74, 6) is 1.60. The van der Waals surface area contributed by atoms with Gasteiger partial charge in [0.1, 0.15) is 0 Å². The zero-order valence-corrected chi connectivity index (χ0v) is 11.9. The molecule has 1 saturated carbocycles. The third-order valence-corrected chi connectivity index (χ3v) is 3.32. The summed E-state index contributed by atoms with van der Waals surface area (Å²) >= 11 is 6.68. The van der Waals surface area contributed by atoms with Gasteiger partial charge in [0.05, 0.1) is 6.10 Å². The van der Waals surface area contributed by atoms with Crippen LogP contribution in [0.25, 0.3) is 0 Å². The van der Waals surface area contributed by atoms with Gasteiger partial charge >= 0.3 is 0 Å². The fourth-order valence-electron chi connectivity index (χ4n) is 1.62. The molecule has 0 radical (unpaired) electrons. The van der Waals surface area contributed by atoms with Crippen molar-refractivity contribution in [3.05, 3.63) is 11.5 Å². The Balaban J connectivity index is 2.63. The van der Waals surface area contributed by atoms with Crippen LogP contribution in [0, 0.1) is 0 Å². The van der Waals surface area contributed by atoms with Gasteiger partial charge in [0.15, 0.2) is 0 Å².